The smallest absolute Gasteiger partial charge is 0.334 e. The molecule has 0 heterocycles. The molecule has 0 amide bonds. The van der Waals surface area contributed by atoms with Gasteiger partial charge in [0.1, 0.15) is 11.4 Å². The van der Waals surface area contributed by atoms with Crippen LogP contribution < -0.4 is 10.1 Å². The molecule has 0 aliphatic carbocycles. The van der Waals surface area contributed by atoms with Crippen LogP contribution in [0.4, 0.5) is 11.4 Å². The highest BCUT2D eigenvalue weighted by Gasteiger charge is 2.21. The van der Waals surface area contributed by atoms with E-state index >= 15 is 0 Å². The number of benzene rings is 2. The van der Waals surface area contributed by atoms with Gasteiger partial charge in [0.25, 0.3) is 0 Å². The molecule has 0 atom stereocenters. The van der Waals surface area contributed by atoms with E-state index in [2.05, 4.69) is 5.32 Å². The Morgan fingerprint density at radius 3 is 2.65 bits per heavy atom. The highest BCUT2D eigenvalue weighted by Crippen LogP contribution is 2.38. The number of nitrogens with zero attached hydrogens (tertiary/aromatic N) is 1. The van der Waals surface area contributed by atoms with Gasteiger partial charge in [0.15, 0.2) is 0 Å². The fourth-order valence-electron chi connectivity index (χ4n) is 1.80. The van der Waals surface area contributed by atoms with E-state index in [1.807, 2.05) is 6.92 Å². The standard InChI is InChI=1S/C14H13ClN2O3/c1-9-6-7-10(15)8-13(9)20-12-5-3-4-11(16-2)14(12)17(18)19/h3-8,16H,1-2H3. The number of nitro groups is 1. The van der Waals surface area contributed by atoms with Gasteiger partial charge >= 0.3 is 5.69 Å². The number of ether oxygens (including phenoxy) is 1. The van der Waals surface area contributed by atoms with Crippen LogP contribution in [0, 0.1) is 17.0 Å². The van der Waals surface area contributed by atoms with Crippen LogP contribution in [0.15, 0.2) is 36.4 Å². The molecule has 0 radical (unpaired) electrons. The number of para-hydroxylation sites is 1. The summed E-state index contributed by atoms with van der Waals surface area (Å²) in [5.74, 6) is 0.668. The molecular formula is C14H13ClN2O3. The van der Waals surface area contributed by atoms with Gasteiger partial charge in [-0.05, 0) is 36.8 Å². The van der Waals surface area contributed by atoms with Crippen LogP contribution >= 0.6 is 11.6 Å². The number of hydrogen-bond donors (Lipinski definition) is 1. The molecule has 0 aliphatic rings. The Bertz CT molecular complexity index is 659. The quantitative estimate of drug-likeness (QED) is 0.670. The maximum absolute atomic E-state index is 11.2. The molecule has 104 valence electrons. The van der Waals surface area contributed by atoms with Crippen molar-refractivity contribution < 1.29 is 9.66 Å². The highest BCUT2D eigenvalue weighted by atomic mass is 35.5. The summed E-state index contributed by atoms with van der Waals surface area (Å²) in [7, 11) is 1.62. The van der Waals surface area contributed by atoms with E-state index in [1.54, 1.807) is 43.4 Å². The Morgan fingerprint density at radius 2 is 2.00 bits per heavy atom. The molecule has 5 nitrogen and oxygen atoms in total. The van der Waals surface area contributed by atoms with Crippen molar-refractivity contribution in [1.82, 2.24) is 0 Å². The molecule has 0 aromatic heterocycles. The molecule has 0 fully saturated rings. The van der Waals surface area contributed by atoms with Gasteiger partial charge in [-0.3, -0.25) is 10.1 Å². The Balaban J connectivity index is 2.48. The Kier molecular flexibility index (Phi) is 4.10. The lowest BCUT2D eigenvalue weighted by Gasteiger charge is -2.11. The van der Waals surface area contributed by atoms with Crippen molar-refractivity contribution in [2.45, 2.75) is 6.92 Å². The fourth-order valence-corrected chi connectivity index (χ4v) is 1.96. The molecule has 0 bridgehead atoms. The molecule has 0 saturated carbocycles. The van der Waals surface area contributed by atoms with E-state index in [1.165, 1.54) is 0 Å². The summed E-state index contributed by atoms with van der Waals surface area (Å²) in [6.45, 7) is 1.85. The molecule has 20 heavy (non-hydrogen) atoms. The second-order valence-corrected chi connectivity index (χ2v) is 4.61. The van der Waals surface area contributed by atoms with Crippen molar-refractivity contribution in [2.24, 2.45) is 0 Å². The van der Waals surface area contributed by atoms with Crippen molar-refractivity contribution in [3.8, 4) is 11.5 Å². The summed E-state index contributed by atoms with van der Waals surface area (Å²) in [4.78, 5) is 10.7. The van der Waals surface area contributed by atoms with Crippen molar-refractivity contribution in [3.05, 3.63) is 57.1 Å². The molecule has 0 aliphatic heterocycles. The van der Waals surface area contributed by atoms with Crippen molar-refractivity contribution in [2.75, 3.05) is 12.4 Å². The Labute approximate surface area is 121 Å². The summed E-state index contributed by atoms with van der Waals surface area (Å²) in [6.07, 6.45) is 0. The lowest BCUT2D eigenvalue weighted by atomic mass is 10.2. The zero-order valence-corrected chi connectivity index (χ0v) is 11.8. The van der Waals surface area contributed by atoms with Gasteiger partial charge in [-0.15, -0.1) is 0 Å². The van der Waals surface area contributed by atoms with E-state index in [4.69, 9.17) is 16.3 Å². The second kappa shape index (κ2) is 5.79. The molecule has 0 unspecified atom stereocenters. The first kappa shape index (κ1) is 14.1. The number of nitro benzene ring substituents is 1. The first-order chi connectivity index (χ1) is 9.52. The number of aryl methyl sites for hydroxylation is 1. The van der Waals surface area contributed by atoms with Crippen LogP contribution in [0.25, 0.3) is 0 Å². The minimum absolute atomic E-state index is 0.102. The normalized spacial score (nSPS) is 10.2. The molecule has 2 aromatic rings. The number of nitrogens with one attached hydrogen (secondary N) is 1. The molecule has 0 saturated heterocycles. The molecule has 2 rings (SSSR count). The minimum Gasteiger partial charge on any atom is -0.450 e. The average Bonchev–Trinajstić information content (AvgIpc) is 2.42. The van der Waals surface area contributed by atoms with Crippen LogP contribution in [0.1, 0.15) is 5.56 Å². The third-order valence-corrected chi connectivity index (χ3v) is 3.06. The number of anilines is 1. The SMILES string of the molecule is CNc1cccc(Oc2cc(Cl)ccc2C)c1[N+](=O)[O-]. The van der Waals surface area contributed by atoms with Gasteiger partial charge < -0.3 is 10.1 Å². The van der Waals surface area contributed by atoms with Gasteiger partial charge in [0, 0.05) is 12.1 Å². The summed E-state index contributed by atoms with van der Waals surface area (Å²) >= 11 is 5.92. The number of rotatable bonds is 4. The minimum atomic E-state index is -0.471. The lowest BCUT2D eigenvalue weighted by Crippen LogP contribution is -1.99. The predicted molar refractivity (Wildman–Crippen MR) is 78.9 cm³/mol. The zero-order chi connectivity index (χ0) is 14.7. The van der Waals surface area contributed by atoms with E-state index in [9.17, 15) is 10.1 Å². The fraction of sp³-hybridized carbons (Fsp3) is 0.143. The molecule has 6 heteroatoms. The zero-order valence-electron chi connectivity index (χ0n) is 11.0. The maximum atomic E-state index is 11.2. The third-order valence-electron chi connectivity index (χ3n) is 2.82. The summed E-state index contributed by atoms with van der Waals surface area (Å²) < 4.78 is 5.66. The lowest BCUT2D eigenvalue weighted by molar-refractivity contribution is -0.384. The van der Waals surface area contributed by atoms with Crippen LogP contribution in [0.5, 0.6) is 11.5 Å². The van der Waals surface area contributed by atoms with E-state index in [0.717, 1.165) is 5.56 Å². The van der Waals surface area contributed by atoms with Crippen LogP contribution in [-0.2, 0) is 0 Å². The van der Waals surface area contributed by atoms with Crippen molar-refractivity contribution >= 4 is 23.0 Å². The predicted octanol–water partition coefficient (Wildman–Crippen LogP) is 4.39. The second-order valence-electron chi connectivity index (χ2n) is 4.17. The van der Waals surface area contributed by atoms with E-state index < -0.39 is 4.92 Å². The molecule has 0 spiro atoms. The largest absolute Gasteiger partial charge is 0.450 e. The molecule has 1 N–H and O–H groups in total. The van der Waals surface area contributed by atoms with Gasteiger partial charge in [0.2, 0.25) is 5.75 Å². The average molecular weight is 293 g/mol. The third kappa shape index (κ3) is 2.83. The monoisotopic (exact) mass is 292 g/mol. The topological polar surface area (TPSA) is 64.4 Å². The van der Waals surface area contributed by atoms with Crippen LogP contribution in [0.3, 0.4) is 0 Å². The van der Waals surface area contributed by atoms with Crippen molar-refractivity contribution in [3.63, 3.8) is 0 Å². The summed E-state index contributed by atoms with van der Waals surface area (Å²) in [5, 5.41) is 14.5. The summed E-state index contributed by atoms with van der Waals surface area (Å²) in [5.41, 5.74) is 1.14. The number of hydrogen-bond acceptors (Lipinski definition) is 4. The van der Waals surface area contributed by atoms with Gasteiger partial charge in [0.05, 0.1) is 4.92 Å². The van der Waals surface area contributed by atoms with Crippen LogP contribution in [-0.4, -0.2) is 12.0 Å². The summed E-state index contributed by atoms with van der Waals surface area (Å²) in [6, 6.07) is 10.0. The number of halogens is 1. The van der Waals surface area contributed by atoms with Gasteiger partial charge in [-0.25, -0.2) is 0 Å². The molecule has 2 aromatic carbocycles. The highest BCUT2D eigenvalue weighted by molar-refractivity contribution is 6.30. The van der Waals surface area contributed by atoms with Crippen molar-refractivity contribution in [1.29, 1.82) is 0 Å². The first-order valence-electron chi connectivity index (χ1n) is 5.92. The maximum Gasteiger partial charge on any atom is 0.334 e. The van der Waals surface area contributed by atoms with Gasteiger partial charge in [-0.1, -0.05) is 23.7 Å². The first-order valence-corrected chi connectivity index (χ1v) is 6.30. The van der Waals surface area contributed by atoms with Gasteiger partial charge in [-0.2, -0.15) is 0 Å². The van der Waals surface area contributed by atoms with Crippen LogP contribution in [0.2, 0.25) is 5.02 Å². The van der Waals surface area contributed by atoms with E-state index in [0.29, 0.717) is 16.5 Å². The Morgan fingerprint density at radius 1 is 1.25 bits per heavy atom. The Hall–Kier alpha value is -2.27. The van der Waals surface area contributed by atoms with E-state index in [-0.39, 0.29) is 11.4 Å². The molecular weight excluding hydrogens is 280 g/mol.